The number of halogens is 2. The molecule has 3 N–H and O–H groups in total. The number of hydrogen-bond acceptors (Lipinski definition) is 12. The van der Waals surface area contributed by atoms with Crippen LogP contribution >= 0.6 is 11.8 Å². The largest absolute Gasteiger partial charge is 0.504 e. The number of phenolic OH excluding ortho intramolecular Hbond substituents is 1. The summed E-state index contributed by atoms with van der Waals surface area (Å²) in [7, 11) is 0. The fourth-order valence-electron chi connectivity index (χ4n) is 8.39. The van der Waals surface area contributed by atoms with Gasteiger partial charge in [0.05, 0.1) is 16.4 Å². The molecule has 9 rings (SSSR count). The SMILES string of the molecule is Cc1cc(S[C@@H]2C[C@@H]3CNc4nnc(-c5cc(F)cc(F)c5O)cc4N3C2)ncc1CN1CCN(c2ccc3c(c2)C(=O)N([C@H]2CCC(=O)NC2=O)C3)CC1. The van der Waals surface area contributed by atoms with Crippen molar-refractivity contribution in [3.05, 3.63) is 82.5 Å². The number of piperazine rings is 1. The van der Waals surface area contributed by atoms with Crippen molar-refractivity contribution >= 4 is 46.7 Å². The molecule has 0 aliphatic carbocycles. The number of aryl methyl sites for hydroxylation is 1. The molecular weight excluding hydrogens is 729 g/mol. The smallest absolute Gasteiger partial charge is 0.255 e. The summed E-state index contributed by atoms with van der Waals surface area (Å²) in [6.45, 7) is 8.07. The summed E-state index contributed by atoms with van der Waals surface area (Å²) in [5, 5.41) is 25.6. The lowest BCUT2D eigenvalue weighted by molar-refractivity contribution is -0.136. The lowest BCUT2D eigenvalue weighted by atomic mass is 10.0. The number of fused-ring (bicyclic) bond motifs is 4. The van der Waals surface area contributed by atoms with Crippen LogP contribution in [0.1, 0.15) is 46.3 Å². The van der Waals surface area contributed by atoms with Gasteiger partial charge in [0, 0.05) is 99.1 Å². The van der Waals surface area contributed by atoms with Crippen molar-refractivity contribution in [3.63, 3.8) is 0 Å². The van der Waals surface area contributed by atoms with Crippen LogP contribution in [0.2, 0.25) is 0 Å². The van der Waals surface area contributed by atoms with Gasteiger partial charge < -0.3 is 25.1 Å². The van der Waals surface area contributed by atoms with Gasteiger partial charge in [0.15, 0.2) is 17.4 Å². The van der Waals surface area contributed by atoms with Crippen LogP contribution in [0.25, 0.3) is 11.3 Å². The Balaban J connectivity index is 0.800. The van der Waals surface area contributed by atoms with Crippen molar-refractivity contribution in [2.75, 3.05) is 54.4 Å². The van der Waals surface area contributed by atoms with Gasteiger partial charge in [0.1, 0.15) is 11.9 Å². The predicted molar refractivity (Wildman–Crippen MR) is 202 cm³/mol. The van der Waals surface area contributed by atoms with Crippen LogP contribution in [-0.4, -0.2) is 104 Å². The maximum Gasteiger partial charge on any atom is 0.255 e. The third-order valence-electron chi connectivity index (χ3n) is 11.4. The molecule has 3 fully saturated rings. The maximum atomic E-state index is 14.1. The van der Waals surface area contributed by atoms with Gasteiger partial charge in [-0.15, -0.1) is 22.0 Å². The summed E-state index contributed by atoms with van der Waals surface area (Å²) in [6, 6.07) is 11.1. The Kier molecular flexibility index (Phi) is 9.04. The van der Waals surface area contributed by atoms with Crippen molar-refractivity contribution in [1.82, 2.24) is 30.3 Å². The first-order chi connectivity index (χ1) is 26.6. The molecule has 5 aliphatic rings. The second-order valence-electron chi connectivity index (χ2n) is 14.9. The van der Waals surface area contributed by atoms with Gasteiger partial charge in [0.25, 0.3) is 5.91 Å². The van der Waals surface area contributed by atoms with Gasteiger partial charge in [-0.1, -0.05) is 6.07 Å². The molecule has 3 amide bonds. The molecule has 55 heavy (non-hydrogen) atoms. The predicted octanol–water partition coefficient (Wildman–Crippen LogP) is 4.08. The third-order valence-corrected chi connectivity index (χ3v) is 12.5. The number of carbonyl (C=O) groups is 3. The number of pyridine rings is 1. The summed E-state index contributed by atoms with van der Waals surface area (Å²) < 4.78 is 28.1. The number of anilines is 3. The Hall–Kier alpha value is -5.35. The van der Waals surface area contributed by atoms with Crippen LogP contribution in [0, 0.1) is 18.6 Å². The zero-order valence-electron chi connectivity index (χ0n) is 30.1. The molecule has 3 saturated heterocycles. The Morgan fingerprint density at radius 2 is 1.82 bits per heavy atom. The minimum Gasteiger partial charge on any atom is -0.504 e. The average molecular weight is 768 g/mol. The molecule has 0 saturated carbocycles. The number of imide groups is 1. The van der Waals surface area contributed by atoms with Crippen molar-refractivity contribution < 1.29 is 28.3 Å². The Morgan fingerprint density at radius 3 is 2.62 bits per heavy atom. The number of hydrogen-bond donors (Lipinski definition) is 3. The summed E-state index contributed by atoms with van der Waals surface area (Å²) in [4.78, 5) is 50.8. The van der Waals surface area contributed by atoms with Gasteiger partial charge in [-0.05, 0) is 66.8 Å². The Morgan fingerprint density at radius 1 is 0.982 bits per heavy atom. The molecule has 0 unspecified atom stereocenters. The first kappa shape index (κ1) is 35.4. The van der Waals surface area contributed by atoms with E-state index in [0.717, 1.165) is 73.7 Å². The molecule has 0 radical (unpaired) electrons. The minimum atomic E-state index is -1.05. The van der Waals surface area contributed by atoms with E-state index < -0.39 is 29.3 Å². The molecule has 0 spiro atoms. The quantitative estimate of drug-likeness (QED) is 0.233. The summed E-state index contributed by atoms with van der Waals surface area (Å²) in [6.07, 6.45) is 3.48. The highest BCUT2D eigenvalue weighted by Crippen LogP contribution is 2.42. The molecule has 3 atom stereocenters. The zero-order chi connectivity index (χ0) is 38.0. The van der Waals surface area contributed by atoms with Crippen LogP contribution in [0.15, 0.2) is 53.7 Å². The molecule has 5 aliphatic heterocycles. The second-order valence-corrected chi connectivity index (χ2v) is 16.2. The van der Waals surface area contributed by atoms with E-state index in [1.807, 2.05) is 18.3 Å². The van der Waals surface area contributed by atoms with E-state index in [4.69, 9.17) is 4.98 Å². The highest BCUT2D eigenvalue weighted by Gasteiger charge is 2.40. The zero-order valence-corrected chi connectivity index (χ0v) is 30.9. The number of nitrogens with zero attached hydrogens (tertiary/aromatic N) is 7. The summed E-state index contributed by atoms with van der Waals surface area (Å²) in [5.41, 5.74) is 5.83. The number of rotatable bonds is 7. The van der Waals surface area contributed by atoms with Crippen molar-refractivity contribution in [2.45, 2.75) is 61.6 Å². The molecule has 284 valence electrons. The van der Waals surface area contributed by atoms with Crippen LogP contribution < -0.4 is 20.4 Å². The normalized spacial score (nSPS) is 22.3. The van der Waals surface area contributed by atoms with E-state index in [2.05, 4.69) is 54.6 Å². The molecule has 2 aromatic heterocycles. The van der Waals surface area contributed by atoms with Crippen molar-refractivity contribution in [3.8, 4) is 17.0 Å². The molecule has 0 bridgehead atoms. The van der Waals surface area contributed by atoms with E-state index >= 15 is 0 Å². The minimum absolute atomic E-state index is 0.0416. The van der Waals surface area contributed by atoms with E-state index in [-0.39, 0.29) is 40.8 Å². The summed E-state index contributed by atoms with van der Waals surface area (Å²) in [5.74, 6) is -2.76. The van der Waals surface area contributed by atoms with E-state index in [9.17, 15) is 28.3 Å². The van der Waals surface area contributed by atoms with Crippen LogP contribution in [0.5, 0.6) is 5.75 Å². The number of piperidine rings is 1. The fraction of sp³-hybridized carbons (Fsp3) is 0.385. The number of thioether (sulfide) groups is 1. The number of aromatic hydroxyl groups is 1. The maximum absolute atomic E-state index is 14.1. The van der Waals surface area contributed by atoms with Crippen LogP contribution in [-0.2, 0) is 22.7 Å². The van der Waals surface area contributed by atoms with E-state index in [1.165, 1.54) is 11.1 Å². The van der Waals surface area contributed by atoms with Gasteiger partial charge in [-0.25, -0.2) is 13.8 Å². The second kappa shape index (κ2) is 14.1. The lowest BCUT2D eigenvalue weighted by Gasteiger charge is -2.36. The van der Waals surface area contributed by atoms with Crippen molar-refractivity contribution in [2.24, 2.45) is 0 Å². The first-order valence-corrected chi connectivity index (χ1v) is 19.4. The topological polar surface area (TPSA) is 147 Å². The van der Waals surface area contributed by atoms with Gasteiger partial charge >= 0.3 is 0 Å². The lowest BCUT2D eigenvalue weighted by Crippen LogP contribution is -2.52. The number of phenols is 1. The van der Waals surface area contributed by atoms with Crippen LogP contribution in [0.3, 0.4) is 0 Å². The number of benzene rings is 2. The molecule has 7 heterocycles. The molecular formula is C39H39F2N9O4S. The highest BCUT2D eigenvalue weighted by atomic mass is 32.2. The monoisotopic (exact) mass is 767 g/mol. The molecule has 16 heteroatoms. The standard InChI is InChI=1S/C39H39F2N9O4S/c1-21-10-35(55-27-13-26-17-43-37-33(49(26)20-27)15-31(45-46-37)29-11-24(40)12-30(41)36(29)52)42-16-23(21)18-47-6-8-48(9-7-47)25-3-2-22-19-50(39(54)28(22)14-25)32-4-5-34(51)44-38(32)53/h2-3,10-12,14-16,26-27,32,52H,4-9,13,17-20H2,1H3,(H,43,46)(H,44,51,53)/t26-,27-,32+/m1/s1. The van der Waals surface area contributed by atoms with Crippen LogP contribution in [0.4, 0.5) is 26.0 Å². The van der Waals surface area contributed by atoms with Gasteiger partial charge in [-0.2, -0.15) is 0 Å². The van der Waals surface area contributed by atoms with Crippen molar-refractivity contribution in [1.29, 1.82) is 0 Å². The fourth-order valence-corrected chi connectivity index (χ4v) is 9.64. The van der Waals surface area contributed by atoms with E-state index in [0.29, 0.717) is 37.0 Å². The number of carbonyl (C=O) groups excluding carboxylic acids is 3. The molecule has 2 aromatic carbocycles. The Bertz CT molecular complexity index is 2240. The third kappa shape index (κ3) is 6.71. The Labute approximate surface area is 320 Å². The summed E-state index contributed by atoms with van der Waals surface area (Å²) >= 11 is 1.75. The van der Waals surface area contributed by atoms with Gasteiger partial charge in [0.2, 0.25) is 11.8 Å². The highest BCUT2D eigenvalue weighted by molar-refractivity contribution is 7.99. The molecule has 13 nitrogen and oxygen atoms in total. The number of nitrogens with one attached hydrogen (secondary N) is 2. The molecule has 4 aromatic rings. The van der Waals surface area contributed by atoms with E-state index in [1.54, 1.807) is 22.7 Å². The average Bonchev–Trinajstić information content (AvgIpc) is 3.74. The first-order valence-electron chi connectivity index (χ1n) is 18.5. The number of aromatic nitrogens is 3. The van der Waals surface area contributed by atoms with Gasteiger partial charge in [-0.3, -0.25) is 24.6 Å². The number of amides is 3.